The van der Waals surface area contributed by atoms with Gasteiger partial charge in [0, 0.05) is 23.5 Å². The average molecular weight is 323 g/mol. The Morgan fingerprint density at radius 3 is 2.54 bits per heavy atom. The standard InChI is InChI=1S/C19H17NO4/c1-12-18(19(22)23-11-14-6-4-3-5-7-14)16-10-15(24-13(2)21)8-9-17(16)20-12/h3-10,20H,11H2,1-2H3. The summed E-state index contributed by atoms with van der Waals surface area (Å²) in [4.78, 5) is 26.8. The second-order valence-corrected chi connectivity index (χ2v) is 5.49. The highest BCUT2D eigenvalue weighted by Crippen LogP contribution is 2.27. The minimum atomic E-state index is -0.414. The van der Waals surface area contributed by atoms with E-state index in [2.05, 4.69) is 4.98 Å². The minimum Gasteiger partial charge on any atom is -0.457 e. The van der Waals surface area contributed by atoms with Crippen molar-refractivity contribution in [3.63, 3.8) is 0 Å². The lowest BCUT2D eigenvalue weighted by Gasteiger charge is -2.06. The molecule has 3 rings (SSSR count). The lowest BCUT2D eigenvalue weighted by atomic mass is 10.1. The molecule has 1 N–H and O–H groups in total. The number of rotatable bonds is 4. The number of carbonyl (C=O) groups excluding carboxylic acids is 2. The maximum absolute atomic E-state index is 12.5. The lowest BCUT2D eigenvalue weighted by molar-refractivity contribution is -0.131. The number of hydrogen-bond donors (Lipinski definition) is 1. The Bertz CT molecular complexity index is 896. The third-order valence-electron chi connectivity index (χ3n) is 3.64. The van der Waals surface area contributed by atoms with Crippen LogP contribution in [0, 0.1) is 6.92 Å². The maximum Gasteiger partial charge on any atom is 0.340 e. The molecule has 1 heterocycles. The first kappa shape index (κ1) is 15.8. The molecule has 1 aromatic heterocycles. The van der Waals surface area contributed by atoms with Gasteiger partial charge in [-0.3, -0.25) is 4.79 Å². The van der Waals surface area contributed by atoms with Gasteiger partial charge < -0.3 is 14.5 Å². The van der Waals surface area contributed by atoms with Crippen molar-refractivity contribution in [3.05, 3.63) is 65.4 Å². The van der Waals surface area contributed by atoms with Crippen molar-refractivity contribution in [2.75, 3.05) is 0 Å². The lowest BCUT2D eigenvalue weighted by Crippen LogP contribution is -2.06. The normalized spacial score (nSPS) is 10.6. The molecule has 3 aromatic rings. The SMILES string of the molecule is CC(=O)Oc1ccc2[nH]c(C)c(C(=O)OCc3ccccc3)c2c1. The summed E-state index contributed by atoms with van der Waals surface area (Å²) < 4.78 is 10.5. The van der Waals surface area contributed by atoms with Gasteiger partial charge in [0.1, 0.15) is 12.4 Å². The second kappa shape index (κ2) is 6.58. The number of carbonyl (C=O) groups is 2. The molecule has 0 radical (unpaired) electrons. The Morgan fingerprint density at radius 1 is 1.08 bits per heavy atom. The predicted octanol–water partition coefficient (Wildman–Crippen LogP) is 3.76. The van der Waals surface area contributed by atoms with E-state index in [0.717, 1.165) is 11.1 Å². The molecular weight excluding hydrogens is 306 g/mol. The Hall–Kier alpha value is -3.08. The molecule has 0 spiro atoms. The molecule has 0 fully saturated rings. The summed E-state index contributed by atoms with van der Waals surface area (Å²) in [7, 11) is 0. The van der Waals surface area contributed by atoms with E-state index in [1.807, 2.05) is 37.3 Å². The van der Waals surface area contributed by atoms with Crippen LogP contribution in [0.1, 0.15) is 28.5 Å². The third-order valence-corrected chi connectivity index (χ3v) is 3.64. The van der Waals surface area contributed by atoms with E-state index in [1.165, 1.54) is 6.92 Å². The molecule has 0 bridgehead atoms. The van der Waals surface area contributed by atoms with Crippen LogP contribution in [0.2, 0.25) is 0 Å². The average Bonchev–Trinajstić information content (AvgIpc) is 2.88. The highest BCUT2D eigenvalue weighted by atomic mass is 16.5. The van der Waals surface area contributed by atoms with Crippen molar-refractivity contribution in [2.24, 2.45) is 0 Å². The van der Waals surface area contributed by atoms with Crippen LogP contribution in [-0.4, -0.2) is 16.9 Å². The van der Waals surface area contributed by atoms with Crippen LogP contribution < -0.4 is 4.74 Å². The van der Waals surface area contributed by atoms with Crippen LogP contribution in [0.5, 0.6) is 5.75 Å². The number of hydrogen-bond acceptors (Lipinski definition) is 4. The predicted molar refractivity (Wildman–Crippen MR) is 89.9 cm³/mol. The first-order chi connectivity index (χ1) is 11.5. The molecule has 0 unspecified atom stereocenters. The number of nitrogens with one attached hydrogen (secondary N) is 1. The number of aromatic amines is 1. The molecule has 24 heavy (non-hydrogen) atoms. The van der Waals surface area contributed by atoms with Crippen molar-refractivity contribution in [3.8, 4) is 5.75 Å². The van der Waals surface area contributed by atoms with Crippen LogP contribution in [-0.2, 0) is 16.1 Å². The molecule has 0 aliphatic rings. The van der Waals surface area contributed by atoms with Crippen molar-refractivity contribution in [2.45, 2.75) is 20.5 Å². The van der Waals surface area contributed by atoms with Crippen molar-refractivity contribution in [1.29, 1.82) is 0 Å². The van der Waals surface area contributed by atoms with E-state index in [1.54, 1.807) is 18.2 Å². The first-order valence-corrected chi connectivity index (χ1v) is 7.56. The van der Waals surface area contributed by atoms with Crippen molar-refractivity contribution in [1.82, 2.24) is 4.98 Å². The van der Waals surface area contributed by atoms with Gasteiger partial charge in [-0.25, -0.2) is 4.79 Å². The van der Waals surface area contributed by atoms with E-state index in [4.69, 9.17) is 9.47 Å². The van der Waals surface area contributed by atoms with Crippen LogP contribution in [0.25, 0.3) is 10.9 Å². The van der Waals surface area contributed by atoms with Gasteiger partial charge in [0.25, 0.3) is 0 Å². The van der Waals surface area contributed by atoms with E-state index < -0.39 is 11.9 Å². The molecule has 122 valence electrons. The molecule has 0 saturated carbocycles. The largest absolute Gasteiger partial charge is 0.457 e. The van der Waals surface area contributed by atoms with Crippen LogP contribution in [0.15, 0.2) is 48.5 Å². The molecule has 2 aromatic carbocycles. The number of aromatic nitrogens is 1. The highest BCUT2D eigenvalue weighted by Gasteiger charge is 2.18. The zero-order chi connectivity index (χ0) is 17.1. The minimum absolute atomic E-state index is 0.204. The van der Waals surface area contributed by atoms with Crippen LogP contribution in [0.3, 0.4) is 0 Å². The summed E-state index contributed by atoms with van der Waals surface area (Å²) in [5, 5.41) is 0.671. The fourth-order valence-electron chi connectivity index (χ4n) is 2.59. The number of H-pyrrole nitrogens is 1. The Balaban J connectivity index is 1.88. The van der Waals surface area contributed by atoms with Crippen molar-refractivity contribution >= 4 is 22.8 Å². The Labute approximate surface area is 139 Å². The summed E-state index contributed by atoms with van der Waals surface area (Å²) in [5.74, 6) is -0.427. The Kier molecular flexibility index (Phi) is 4.33. The summed E-state index contributed by atoms with van der Waals surface area (Å²) >= 11 is 0. The molecule has 5 heteroatoms. The second-order valence-electron chi connectivity index (χ2n) is 5.49. The van der Waals surface area contributed by atoms with E-state index in [9.17, 15) is 9.59 Å². The quantitative estimate of drug-likeness (QED) is 0.586. The summed E-state index contributed by atoms with van der Waals surface area (Å²) in [6, 6.07) is 14.6. The zero-order valence-electron chi connectivity index (χ0n) is 13.5. The molecule has 0 aliphatic carbocycles. The van der Waals surface area contributed by atoms with Gasteiger partial charge >= 0.3 is 11.9 Å². The summed E-state index contributed by atoms with van der Waals surface area (Å²) in [6.45, 7) is 3.35. The van der Waals surface area contributed by atoms with Crippen LogP contribution in [0.4, 0.5) is 0 Å². The number of ether oxygens (including phenoxy) is 2. The smallest absolute Gasteiger partial charge is 0.340 e. The highest BCUT2D eigenvalue weighted by molar-refractivity contribution is 6.06. The first-order valence-electron chi connectivity index (χ1n) is 7.56. The zero-order valence-corrected chi connectivity index (χ0v) is 13.5. The molecule has 0 aliphatic heterocycles. The summed E-state index contributed by atoms with van der Waals surface area (Å²) in [5.41, 5.74) is 2.87. The fraction of sp³-hybridized carbons (Fsp3) is 0.158. The number of fused-ring (bicyclic) bond motifs is 1. The van der Waals surface area contributed by atoms with Crippen molar-refractivity contribution < 1.29 is 19.1 Å². The number of esters is 2. The van der Waals surface area contributed by atoms with Gasteiger partial charge in [-0.1, -0.05) is 30.3 Å². The molecule has 5 nitrogen and oxygen atoms in total. The molecule has 0 atom stereocenters. The number of aryl methyl sites for hydroxylation is 1. The third kappa shape index (κ3) is 3.30. The van der Waals surface area contributed by atoms with Gasteiger partial charge in [0.2, 0.25) is 0 Å². The monoisotopic (exact) mass is 323 g/mol. The summed E-state index contributed by atoms with van der Waals surface area (Å²) in [6.07, 6.45) is 0. The topological polar surface area (TPSA) is 68.4 Å². The maximum atomic E-state index is 12.5. The van der Waals surface area contributed by atoms with E-state index in [-0.39, 0.29) is 6.61 Å². The van der Waals surface area contributed by atoms with Crippen LogP contribution >= 0.6 is 0 Å². The van der Waals surface area contributed by atoms with Gasteiger partial charge in [-0.05, 0) is 30.7 Å². The van der Waals surface area contributed by atoms with E-state index >= 15 is 0 Å². The number of benzene rings is 2. The van der Waals surface area contributed by atoms with Gasteiger partial charge in [-0.2, -0.15) is 0 Å². The Morgan fingerprint density at radius 2 is 1.83 bits per heavy atom. The van der Waals surface area contributed by atoms with E-state index in [0.29, 0.717) is 22.4 Å². The van der Waals surface area contributed by atoms with Gasteiger partial charge in [0.05, 0.1) is 5.56 Å². The molecule has 0 saturated heterocycles. The van der Waals surface area contributed by atoms with Gasteiger partial charge in [0.15, 0.2) is 0 Å². The molecular formula is C19H17NO4. The van der Waals surface area contributed by atoms with Gasteiger partial charge in [-0.15, -0.1) is 0 Å². The molecule has 0 amide bonds. The fourth-order valence-corrected chi connectivity index (χ4v) is 2.59.